The maximum atomic E-state index is 12.8. The average Bonchev–Trinajstić information content (AvgIpc) is 2.69. The van der Waals surface area contributed by atoms with Crippen molar-refractivity contribution in [3.8, 4) is 11.5 Å². The van der Waals surface area contributed by atoms with Crippen LogP contribution in [0, 0.1) is 0 Å². The number of nitrogens with zero attached hydrogens (tertiary/aromatic N) is 1. The first-order valence-corrected chi connectivity index (χ1v) is 9.43. The molecule has 0 aromatic heterocycles. The predicted octanol–water partition coefficient (Wildman–Crippen LogP) is 4.18. The molecule has 0 aliphatic carbocycles. The van der Waals surface area contributed by atoms with Crippen molar-refractivity contribution in [2.45, 2.75) is 18.9 Å². The molecule has 5 nitrogen and oxygen atoms in total. The van der Waals surface area contributed by atoms with Crippen molar-refractivity contribution in [3.05, 3.63) is 52.5 Å². The SMILES string of the molecule is COc1cc(OC)cc(C(=O)N2CCC(Nc3ccc(Br)cc3)CC2)c1. The molecule has 0 saturated carbocycles. The molecule has 0 spiro atoms. The van der Waals surface area contributed by atoms with Crippen LogP contribution < -0.4 is 14.8 Å². The smallest absolute Gasteiger partial charge is 0.254 e. The predicted molar refractivity (Wildman–Crippen MR) is 106 cm³/mol. The molecule has 26 heavy (non-hydrogen) atoms. The lowest BCUT2D eigenvalue weighted by atomic mass is 10.0. The van der Waals surface area contributed by atoms with Crippen LogP contribution in [0.1, 0.15) is 23.2 Å². The van der Waals surface area contributed by atoms with Gasteiger partial charge < -0.3 is 19.7 Å². The summed E-state index contributed by atoms with van der Waals surface area (Å²) in [4.78, 5) is 14.7. The fourth-order valence-corrected chi connectivity index (χ4v) is 3.39. The van der Waals surface area contributed by atoms with Gasteiger partial charge in [-0.05, 0) is 49.2 Å². The minimum Gasteiger partial charge on any atom is -0.497 e. The molecule has 1 saturated heterocycles. The number of likely N-dealkylation sites (tertiary alicyclic amines) is 1. The number of carbonyl (C=O) groups is 1. The third-order valence-corrected chi connectivity index (χ3v) is 5.12. The Morgan fingerprint density at radius 2 is 1.62 bits per heavy atom. The summed E-state index contributed by atoms with van der Waals surface area (Å²) in [6.45, 7) is 1.46. The van der Waals surface area contributed by atoms with Crippen LogP contribution in [-0.4, -0.2) is 44.2 Å². The highest BCUT2D eigenvalue weighted by Crippen LogP contribution is 2.25. The normalized spacial score (nSPS) is 14.8. The second kappa shape index (κ2) is 8.45. The van der Waals surface area contributed by atoms with Gasteiger partial charge in [0.1, 0.15) is 11.5 Å². The lowest BCUT2D eigenvalue weighted by Crippen LogP contribution is -2.42. The molecule has 1 fully saturated rings. The number of benzene rings is 2. The van der Waals surface area contributed by atoms with Gasteiger partial charge in [-0.1, -0.05) is 15.9 Å². The Balaban J connectivity index is 1.60. The summed E-state index contributed by atoms with van der Waals surface area (Å²) in [7, 11) is 3.17. The number of methoxy groups -OCH3 is 2. The fourth-order valence-electron chi connectivity index (χ4n) is 3.12. The van der Waals surface area contributed by atoms with Crippen LogP contribution in [-0.2, 0) is 0 Å². The highest BCUT2D eigenvalue weighted by molar-refractivity contribution is 9.10. The Morgan fingerprint density at radius 1 is 1.04 bits per heavy atom. The van der Waals surface area contributed by atoms with Crippen LogP contribution in [0.4, 0.5) is 5.69 Å². The number of halogens is 1. The Labute approximate surface area is 162 Å². The molecule has 1 heterocycles. The van der Waals surface area contributed by atoms with E-state index in [0.29, 0.717) is 23.1 Å². The van der Waals surface area contributed by atoms with Crippen molar-refractivity contribution in [2.75, 3.05) is 32.6 Å². The highest BCUT2D eigenvalue weighted by Gasteiger charge is 2.24. The molecule has 1 N–H and O–H groups in total. The van der Waals surface area contributed by atoms with Gasteiger partial charge in [-0.3, -0.25) is 4.79 Å². The van der Waals surface area contributed by atoms with Crippen molar-refractivity contribution >= 4 is 27.5 Å². The van der Waals surface area contributed by atoms with Crippen LogP contribution in [0.15, 0.2) is 46.9 Å². The molecule has 1 aliphatic heterocycles. The first-order valence-electron chi connectivity index (χ1n) is 8.63. The lowest BCUT2D eigenvalue weighted by molar-refractivity contribution is 0.0717. The first-order chi connectivity index (χ1) is 12.6. The topological polar surface area (TPSA) is 50.8 Å². The van der Waals surface area contributed by atoms with Gasteiger partial charge in [-0.2, -0.15) is 0 Å². The molecule has 0 bridgehead atoms. The zero-order chi connectivity index (χ0) is 18.5. The summed E-state index contributed by atoms with van der Waals surface area (Å²) in [6.07, 6.45) is 1.84. The lowest BCUT2D eigenvalue weighted by Gasteiger charge is -2.33. The maximum absolute atomic E-state index is 12.8. The standard InChI is InChI=1S/C20H23BrN2O3/c1-25-18-11-14(12-19(13-18)26-2)20(24)23-9-7-17(8-10-23)22-16-5-3-15(21)4-6-16/h3-6,11-13,17,22H,7-10H2,1-2H3. The van der Waals surface area contributed by atoms with Gasteiger partial charge >= 0.3 is 0 Å². The van der Waals surface area contributed by atoms with Gasteiger partial charge in [0.15, 0.2) is 0 Å². The van der Waals surface area contributed by atoms with E-state index in [1.165, 1.54) is 0 Å². The van der Waals surface area contributed by atoms with Crippen molar-refractivity contribution in [3.63, 3.8) is 0 Å². The summed E-state index contributed by atoms with van der Waals surface area (Å²) in [6, 6.07) is 13.8. The maximum Gasteiger partial charge on any atom is 0.254 e. The fraction of sp³-hybridized carbons (Fsp3) is 0.350. The van der Waals surface area contributed by atoms with E-state index in [-0.39, 0.29) is 5.91 Å². The van der Waals surface area contributed by atoms with Gasteiger partial charge in [-0.15, -0.1) is 0 Å². The number of hydrogen-bond acceptors (Lipinski definition) is 4. The van der Waals surface area contributed by atoms with E-state index < -0.39 is 0 Å². The molecule has 0 atom stereocenters. The monoisotopic (exact) mass is 418 g/mol. The van der Waals surface area contributed by atoms with Crippen molar-refractivity contribution < 1.29 is 14.3 Å². The summed E-state index contributed by atoms with van der Waals surface area (Å²) in [5, 5.41) is 3.55. The van der Waals surface area contributed by atoms with E-state index >= 15 is 0 Å². The van der Waals surface area contributed by atoms with E-state index in [2.05, 4.69) is 33.4 Å². The van der Waals surface area contributed by atoms with Crippen LogP contribution in [0.3, 0.4) is 0 Å². The van der Waals surface area contributed by atoms with E-state index in [4.69, 9.17) is 9.47 Å². The minimum atomic E-state index is 0.0179. The molecule has 0 unspecified atom stereocenters. The Bertz CT molecular complexity index is 734. The van der Waals surface area contributed by atoms with Crippen molar-refractivity contribution in [2.24, 2.45) is 0 Å². The molecule has 2 aromatic rings. The first kappa shape index (κ1) is 18.6. The third-order valence-electron chi connectivity index (χ3n) is 4.60. The van der Waals surface area contributed by atoms with Gasteiger partial charge in [-0.25, -0.2) is 0 Å². The summed E-state index contributed by atoms with van der Waals surface area (Å²) < 4.78 is 11.6. The van der Waals surface area contributed by atoms with Gasteiger partial charge in [0, 0.05) is 40.9 Å². The summed E-state index contributed by atoms with van der Waals surface area (Å²) >= 11 is 3.45. The van der Waals surface area contributed by atoms with E-state index in [1.807, 2.05) is 17.0 Å². The average molecular weight is 419 g/mol. The number of amides is 1. The molecule has 2 aromatic carbocycles. The number of nitrogens with one attached hydrogen (secondary N) is 1. The minimum absolute atomic E-state index is 0.0179. The number of ether oxygens (including phenoxy) is 2. The van der Waals surface area contributed by atoms with Crippen molar-refractivity contribution in [1.29, 1.82) is 0 Å². The number of anilines is 1. The van der Waals surface area contributed by atoms with E-state index in [9.17, 15) is 4.79 Å². The second-order valence-electron chi connectivity index (χ2n) is 6.32. The van der Waals surface area contributed by atoms with Gasteiger partial charge in [0.2, 0.25) is 0 Å². The summed E-state index contributed by atoms with van der Waals surface area (Å²) in [5.74, 6) is 1.27. The Hall–Kier alpha value is -2.21. The van der Waals surface area contributed by atoms with Crippen LogP contribution in [0.2, 0.25) is 0 Å². The number of rotatable bonds is 5. The molecule has 0 radical (unpaired) electrons. The number of carbonyl (C=O) groups excluding carboxylic acids is 1. The molecule has 138 valence electrons. The molecule has 1 amide bonds. The zero-order valence-electron chi connectivity index (χ0n) is 15.0. The quantitative estimate of drug-likeness (QED) is 0.790. The van der Waals surface area contributed by atoms with Gasteiger partial charge in [0.25, 0.3) is 5.91 Å². The molecular formula is C20H23BrN2O3. The molecule has 1 aliphatic rings. The molecular weight excluding hydrogens is 396 g/mol. The van der Waals surface area contributed by atoms with E-state index in [1.54, 1.807) is 32.4 Å². The molecule has 3 rings (SSSR count). The highest BCUT2D eigenvalue weighted by atomic mass is 79.9. The number of hydrogen-bond donors (Lipinski definition) is 1. The van der Waals surface area contributed by atoms with Crippen LogP contribution in [0.25, 0.3) is 0 Å². The summed E-state index contributed by atoms with van der Waals surface area (Å²) in [5.41, 5.74) is 1.70. The largest absolute Gasteiger partial charge is 0.497 e. The Morgan fingerprint density at radius 3 is 2.15 bits per heavy atom. The third kappa shape index (κ3) is 4.49. The van der Waals surface area contributed by atoms with Crippen LogP contribution >= 0.6 is 15.9 Å². The van der Waals surface area contributed by atoms with Crippen LogP contribution in [0.5, 0.6) is 11.5 Å². The van der Waals surface area contributed by atoms with E-state index in [0.717, 1.165) is 36.1 Å². The zero-order valence-corrected chi connectivity index (χ0v) is 16.6. The second-order valence-corrected chi connectivity index (χ2v) is 7.23. The van der Waals surface area contributed by atoms with Crippen molar-refractivity contribution in [1.82, 2.24) is 4.90 Å². The number of piperidine rings is 1. The van der Waals surface area contributed by atoms with Gasteiger partial charge in [0.05, 0.1) is 14.2 Å². The molecule has 6 heteroatoms. The Kier molecular flexibility index (Phi) is 6.04.